The van der Waals surface area contributed by atoms with E-state index in [9.17, 15) is 4.79 Å². The van der Waals surface area contributed by atoms with Crippen LogP contribution >= 0.6 is 0 Å². The van der Waals surface area contributed by atoms with E-state index in [0.717, 1.165) is 43.6 Å². The van der Waals surface area contributed by atoms with Gasteiger partial charge in [-0.1, -0.05) is 25.8 Å². The van der Waals surface area contributed by atoms with Crippen molar-refractivity contribution in [2.75, 3.05) is 13.1 Å². The van der Waals surface area contributed by atoms with Crippen LogP contribution < -0.4 is 10.6 Å². The van der Waals surface area contributed by atoms with Crippen molar-refractivity contribution in [1.29, 1.82) is 0 Å². The Morgan fingerprint density at radius 1 is 1.19 bits per heavy atom. The maximum atomic E-state index is 11.3. The Kier molecular flexibility index (Phi) is 5.39. The van der Waals surface area contributed by atoms with Gasteiger partial charge < -0.3 is 15.4 Å². The zero-order valence-corrected chi connectivity index (χ0v) is 12.5. The third kappa shape index (κ3) is 4.60. The number of ether oxygens (including phenoxy) is 1. The smallest absolute Gasteiger partial charge is 0.224 e. The van der Waals surface area contributed by atoms with Gasteiger partial charge in [0.25, 0.3) is 0 Å². The zero-order chi connectivity index (χ0) is 15.2. The lowest BCUT2D eigenvalue weighted by molar-refractivity contribution is -0.121. The van der Waals surface area contributed by atoms with Crippen molar-refractivity contribution in [2.45, 2.75) is 31.8 Å². The topological polar surface area (TPSA) is 50.4 Å². The van der Waals surface area contributed by atoms with Crippen molar-refractivity contribution in [3.8, 4) is 0 Å². The molecule has 21 heavy (non-hydrogen) atoms. The van der Waals surface area contributed by atoms with Crippen molar-refractivity contribution < 1.29 is 9.53 Å². The van der Waals surface area contributed by atoms with Crippen molar-refractivity contribution in [3.63, 3.8) is 0 Å². The quantitative estimate of drug-likeness (QED) is 0.603. The van der Waals surface area contributed by atoms with Crippen LogP contribution in [0.4, 0.5) is 0 Å². The molecule has 1 amide bonds. The van der Waals surface area contributed by atoms with Crippen LogP contribution in [0.2, 0.25) is 0 Å². The summed E-state index contributed by atoms with van der Waals surface area (Å²) in [7, 11) is 0. The molecule has 2 rings (SSSR count). The molecule has 0 aliphatic carbocycles. The highest BCUT2D eigenvalue weighted by molar-refractivity contribution is 5.79. The first-order valence-electron chi connectivity index (χ1n) is 7.48. The fraction of sp³-hybridized carbons (Fsp3) is 0.471. The largest absolute Gasteiger partial charge is 0.491 e. The molecule has 1 unspecified atom stereocenters. The number of hydrogen-bond donors (Lipinski definition) is 2. The molecule has 0 radical (unpaired) electrons. The third-order valence-corrected chi connectivity index (χ3v) is 3.92. The summed E-state index contributed by atoms with van der Waals surface area (Å²) in [5.41, 5.74) is 1.65. The Labute approximate surface area is 126 Å². The summed E-state index contributed by atoms with van der Waals surface area (Å²) in [6, 6.07) is 0. The van der Waals surface area contributed by atoms with E-state index in [1.54, 1.807) is 0 Å². The van der Waals surface area contributed by atoms with E-state index < -0.39 is 0 Å². The number of piperidine rings is 2. The van der Waals surface area contributed by atoms with Gasteiger partial charge in [-0.2, -0.15) is 0 Å². The fourth-order valence-electron chi connectivity index (χ4n) is 2.67. The molecule has 0 spiro atoms. The molecule has 2 saturated heterocycles. The Morgan fingerprint density at radius 2 is 1.90 bits per heavy atom. The fourth-order valence-corrected chi connectivity index (χ4v) is 2.67. The second kappa shape index (κ2) is 7.27. The minimum Gasteiger partial charge on any atom is -0.491 e. The minimum absolute atomic E-state index is 0.0340. The Balaban J connectivity index is 1.82. The number of amides is 1. The first-order valence-corrected chi connectivity index (χ1v) is 7.48. The summed E-state index contributed by atoms with van der Waals surface area (Å²) < 4.78 is 5.82. The van der Waals surface area contributed by atoms with Gasteiger partial charge in [-0.15, -0.1) is 0 Å². The first-order chi connectivity index (χ1) is 10.1. The van der Waals surface area contributed by atoms with Gasteiger partial charge in [0.15, 0.2) is 0 Å². The lowest BCUT2D eigenvalue weighted by Gasteiger charge is -2.26. The van der Waals surface area contributed by atoms with Crippen LogP contribution in [0, 0.1) is 5.92 Å². The minimum atomic E-state index is 0.0340. The molecule has 0 bridgehead atoms. The maximum absolute atomic E-state index is 11.3. The molecule has 2 heterocycles. The molecule has 2 fully saturated rings. The SMILES string of the molecule is C=C(/C=C\C(=C)C1CCC(=O)NC1=C)OC1CCNCC1. The predicted octanol–water partition coefficient (Wildman–Crippen LogP) is 2.42. The number of hydrogen-bond acceptors (Lipinski definition) is 3. The van der Waals surface area contributed by atoms with Crippen molar-refractivity contribution in [2.24, 2.45) is 5.92 Å². The second-order valence-corrected chi connectivity index (χ2v) is 5.61. The molecule has 4 nitrogen and oxygen atoms in total. The van der Waals surface area contributed by atoms with Crippen molar-refractivity contribution >= 4 is 5.91 Å². The van der Waals surface area contributed by atoms with Gasteiger partial charge in [0.1, 0.15) is 11.9 Å². The van der Waals surface area contributed by atoms with Crippen LogP contribution in [0.3, 0.4) is 0 Å². The Morgan fingerprint density at radius 3 is 2.57 bits per heavy atom. The monoisotopic (exact) mass is 288 g/mol. The van der Waals surface area contributed by atoms with E-state index in [-0.39, 0.29) is 17.9 Å². The van der Waals surface area contributed by atoms with Gasteiger partial charge in [0.2, 0.25) is 5.91 Å². The summed E-state index contributed by atoms with van der Waals surface area (Å²) >= 11 is 0. The van der Waals surface area contributed by atoms with Crippen LogP contribution in [0.5, 0.6) is 0 Å². The molecular weight excluding hydrogens is 264 g/mol. The average molecular weight is 288 g/mol. The number of nitrogens with one attached hydrogen (secondary N) is 2. The lowest BCUT2D eigenvalue weighted by Crippen LogP contribution is -2.32. The van der Waals surface area contributed by atoms with Crippen LogP contribution in [-0.2, 0) is 9.53 Å². The maximum Gasteiger partial charge on any atom is 0.224 e. The number of carbonyl (C=O) groups is 1. The van der Waals surface area contributed by atoms with Gasteiger partial charge >= 0.3 is 0 Å². The van der Waals surface area contributed by atoms with Gasteiger partial charge in [-0.3, -0.25) is 4.79 Å². The molecular formula is C17H24N2O2. The van der Waals surface area contributed by atoms with Crippen LogP contribution in [-0.4, -0.2) is 25.1 Å². The second-order valence-electron chi connectivity index (χ2n) is 5.61. The zero-order valence-electron chi connectivity index (χ0n) is 12.5. The van der Waals surface area contributed by atoms with Crippen molar-refractivity contribution in [1.82, 2.24) is 10.6 Å². The van der Waals surface area contributed by atoms with E-state index in [1.807, 2.05) is 12.2 Å². The van der Waals surface area contributed by atoms with Crippen LogP contribution in [0.1, 0.15) is 25.7 Å². The van der Waals surface area contributed by atoms with Crippen molar-refractivity contribution in [3.05, 3.63) is 48.9 Å². The summed E-state index contributed by atoms with van der Waals surface area (Å²) in [4.78, 5) is 11.3. The molecule has 1 atom stereocenters. The molecule has 4 heteroatoms. The first kappa shape index (κ1) is 15.6. The van der Waals surface area contributed by atoms with Crippen LogP contribution in [0.15, 0.2) is 48.9 Å². The van der Waals surface area contributed by atoms with E-state index >= 15 is 0 Å². The summed E-state index contributed by atoms with van der Waals surface area (Å²) in [6.45, 7) is 13.9. The van der Waals surface area contributed by atoms with Gasteiger partial charge in [-0.25, -0.2) is 0 Å². The highest BCUT2D eigenvalue weighted by Gasteiger charge is 2.22. The average Bonchev–Trinajstić information content (AvgIpc) is 2.46. The van der Waals surface area contributed by atoms with Crippen LogP contribution in [0.25, 0.3) is 0 Å². The molecule has 0 aromatic carbocycles. The lowest BCUT2D eigenvalue weighted by atomic mass is 9.89. The Hall–Kier alpha value is -1.81. The molecule has 2 aliphatic heterocycles. The number of rotatable bonds is 5. The highest BCUT2D eigenvalue weighted by Crippen LogP contribution is 2.26. The van der Waals surface area contributed by atoms with E-state index in [2.05, 4.69) is 30.4 Å². The van der Waals surface area contributed by atoms with E-state index in [4.69, 9.17) is 4.74 Å². The summed E-state index contributed by atoms with van der Waals surface area (Å²) in [5.74, 6) is 0.797. The number of carbonyl (C=O) groups excluding carboxylic acids is 1. The number of allylic oxidation sites excluding steroid dienone is 3. The molecule has 0 saturated carbocycles. The van der Waals surface area contributed by atoms with E-state index in [0.29, 0.717) is 12.2 Å². The van der Waals surface area contributed by atoms with Gasteiger partial charge in [0, 0.05) is 18.0 Å². The highest BCUT2D eigenvalue weighted by atomic mass is 16.5. The Bertz CT molecular complexity index is 473. The molecule has 0 aromatic heterocycles. The molecule has 114 valence electrons. The molecule has 2 N–H and O–H groups in total. The summed E-state index contributed by atoms with van der Waals surface area (Å²) in [5, 5.41) is 6.08. The third-order valence-electron chi connectivity index (χ3n) is 3.92. The van der Waals surface area contributed by atoms with E-state index in [1.165, 1.54) is 0 Å². The predicted molar refractivity (Wildman–Crippen MR) is 84.4 cm³/mol. The molecule has 2 aliphatic rings. The standard InChI is InChI=1S/C17H24N2O2/c1-12(16-6-7-17(20)19-14(16)3)4-5-13(2)21-15-8-10-18-11-9-15/h4-5,15-16,18H,1-3,6-11H2,(H,19,20)/b5-4-. The van der Waals surface area contributed by atoms with Gasteiger partial charge in [-0.05, 0) is 44.0 Å². The molecule has 0 aromatic rings. The van der Waals surface area contributed by atoms with Gasteiger partial charge in [0.05, 0.1) is 0 Å². The normalized spacial score (nSPS) is 23.9. The summed E-state index contributed by atoms with van der Waals surface area (Å²) in [6.07, 6.45) is 7.32.